The SMILES string of the molecule is Cc1ccc(F)c(Nc2cc(NCC(C)N3CCOCC3)n3ncc(C=O)c3n2)c1. The molecule has 1 aromatic carbocycles. The van der Waals surface area contributed by atoms with Crippen molar-refractivity contribution in [2.24, 2.45) is 0 Å². The van der Waals surface area contributed by atoms with Crippen LogP contribution in [0.3, 0.4) is 0 Å². The lowest BCUT2D eigenvalue weighted by atomic mass is 10.2. The van der Waals surface area contributed by atoms with Gasteiger partial charge >= 0.3 is 0 Å². The van der Waals surface area contributed by atoms with Crippen LogP contribution in [0.15, 0.2) is 30.5 Å². The molecule has 1 aliphatic heterocycles. The van der Waals surface area contributed by atoms with Gasteiger partial charge in [0.2, 0.25) is 0 Å². The predicted molar refractivity (Wildman–Crippen MR) is 113 cm³/mol. The summed E-state index contributed by atoms with van der Waals surface area (Å²) >= 11 is 0. The number of carbonyl (C=O) groups excluding carboxylic acids is 1. The molecule has 3 heterocycles. The summed E-state index contributed by atoms with van der Waals surface area (Å²) in [7, 11) is 0. The fourth-order valence-electron chi connectivity index (χ4n) is 3.53. The molecule has 9 heteroatoms. The summed E-state index contributed by atoms with van der Waals surface area (Å²) in [6.07, 6.45) is 2.19. The Kier molecular flexibility index (Phi) is 5.91. The Hall–Kier alpha value is -3.04. The maximum Gasteiger partial charge on any atom is 0.170 e. The molecule has 158 valence electrons. The van der Waals surface area contributed by atoms with Gasteiger partial charge in [-0.05, 0) is 31.5 Å². The summed E-state index contributed by atoms with van der Waals surface area (Å²) in [6, 6.07) is 6.88. The molecule has 1 unspecified atom stereocenters. The van der Waals surface area contributed by atoms with E-state index < -0.39 is 0 Å². The molecule has 1 aliphatic rings. The Balaban J connectivity index is 1.61. The number of halogens is 1. The van der Waals surface area contributed by atoms with E-state index in [0.717, 1.165) is 31.9 Å². The van der Waals surface area contributed by atoms with Crippen LogP contribution in [0.4, 0.5) is 21.7 Å². The van der Waals surface area contributed by atoms with E-state index in [-0.39, 0.29) is 11.9 Å². The maximum atomic E-state index is 14.2. The minimum absolute atomic E-state index is 0.281. The predicted octanol–water partition coefficient (Wildman–Crippen LogP) is 2.87. The van der Waals surface area contributed by atoms with Crippen LogP contribution in [0.25, 0.3) is 5.65 Å². The average molecular weight is 412 g/mol. The molecule has 1 atom stereocenters. The van der Waals surface area contributed by atoms with Crippen LogP contribution < -0.4 is 10.6 Å². The molecular formula is C21H25FN6O2. The molecule has 2 N–H and O–H groups in total. The third-order valence-corrected chi connectivity index (χ3v) is 5.26. The normalized spacial score (nSPS) is 15.8. The van der Waals surface area contributed by atoms with Crippen molar-refractivity contribution < 1.29 is 13.9 Å². The number of fused-ring (bicyclic) bond motifs is 1. The molecule has 1 fully saturated rings. The Labute approximate surface area is 174 Å². The Bertz CT molecular complexity index is 1050. The van der Waals surface area contributed by atoms with Crippen molar-refractivity contribution in [1.29, 1.82) is 0 Å². The Morgan fingerprint density at radius 1 is 1.30 bits per heavy atom. The summed E-state index contributed by atoms with van der Waals surface area (Å²) in [5.74, 6) is 0.725. The van der Waals surface area contributed by atoms with Gasteiger partial charge in [-0.1, -0.05) is 6.07 Å². The average Bonchev–Trinajstić information content (AvgIpc) is 3.18. The van der Waals surface area contributed by atoms with Crippen molar-refractivity contribution in [1.82, 2.24) is 19.5 Å². The number of nitrogens with one attached hydrogen (secondary N) is 2. The van der Waals surface area contributed by atoms with Crippen LogP contribution in [0.5, 0.6) is 0 Å². The van der Waals surface area contributed by atoms with Gasteiger partial charge < -0.3 is 15.4 Å². The van der Waals surface area contributed by atoms with Gasteiger partial charge in [0.1, 0.15) is 17.5 Å². The van der Waals surface area contributed by atoms with Gasteiger partial charge in [-0.15, -0.1) is 0 Å². The molecule has 0 spiro atoms. The summed E-state index contributed by atoms with van der Waals surface area (Å²) in [6.45, 7) is 7.98. The monoisotopic (exact) mass is 412 g/mol. The van der Waals surface area contributed by atoms with Gasteiger partial charge in [-0.25, -0.2) is 9.37 Å². The minimum atomic E-state index is -0.373. The number of hydrogen-bond acceptors (Lipinski definition) is 7. The number of nitrogens with zero attached hydrogens (tertiary/aromatic N) is 4. The molecule has 0 bridgehead atoms. The summed E-state index contributed by atoms with van der Waals surface area (Å²) in [4.78, 5) is 18.3. The van der Waals surface area contributed by atoms with Crippen molar-refractivity contribution in [3.8, 4) is 0 Å². The highest BCUT2D eigenvalue weighted by Gasteiger charge is 2.18. The van der Waals surface area contributed by atoms with Gasteiger partial charge in [-0.3, -0.25) is 9.69 Å². The molecule has 0 amide bonds. The van der Waals surface area contributed by atoms with E-state index >= 15 is 0 Å². The van der Waals surface area contributed by atoms with Crippen LogP contribution in [-0.2, 0) is 4.74 Å². The Morgan fingerprint density at radius 2 is 2.10 bits per heavy atom. The standard InChI is InChI=1S/C21H25FN6O2/c1-14-3-4-17(22)18(9-14)25-19-10-20(28-21(26-19)16(13-29)12-24-28)23-11-15(2)27-5-7-30-8-6-27/h3-4,9-10,12-13,15,23H,5-8,11H2,1-2H3,(H,25,26). The lowest BCUT2D eigenvalue weighted by Crippen LogP contribution is -2.45. The second kappa shape index (κ2) is 8.76. The number of morpholine rings is 1. The van der Waals surface area contributed by atoms with Gasteiger partial charge in [0.25, 0.3) is 0 Å². The van der Waals surface area contributed by atoms with Crippen molar-refractivity contribution in [3.63, 3.8) is 0 Å². The first kappa shape index (κ1) is 20.2. The van der Waals surface area contributed by atoms with E-state index in [2.05, 4.69) is 32.5 Å². The van der Waals surface area contributed by atoms with Gasteiger partial charge in [0.15, 0.2) is 11.9 Å². The lowest BCUT2D eigenvalue weighted by Gasteiger charge is -2.32. The van der Waals surface area contributed by atoms with Crippen molar-refractivity contribution in [2.45, 2.75) is 19.9 Å². The van der Waals surface area contributed by atoms with E-state index in [1.54, 1.807) is 22.7 Å². The third-order valence-electron chi connectivity index (χ3n) is 5.26. The van der Waals surface area contributed by atoms with Crippen molar-refractivity contribution in [3.05, 3.63) is 47.4 Å². The van der Waals surface area contributed by atoms with Crippen LogP contribution in [0.2, 0.25) is 0 Å². The Morgan fingerprint density at radius 3 is 2.87 bits per heavy atom. The fraction of sp³-hybridized carbons (Fsp3) is 0.381. The van der Waals surface area contributed by atoms with Gasteiger partial charge in [0, 0.05) is 31.7 Å². The first-order valence-electron chi connectivity index (χ1n) is 9.98. The number of benzene rings is 1. The highest BCUT2D eigenvalue weighted by atomic mass is 19.1. The molecule has 1 saturated heterocycles. The number of carbonyl (C=O) groups is 1. The summed E-state index contributed by atoms with van der Waals surface area (Å²) in [5, 5.41) is 10.7. The zero-order valence-corrected chi connectivity index (χ0v) is 17.1. The molecular weight excluding hydrogens is 387 g/mol. The van der Waals surface area contributed by atoms with Crippen LogP contribution in [0, 0.1) is 12.7 Å². The molecule has 4 rings (SSSR count). The maximum absolute atomic E-state index is 14.2. The quantitative estimate of drug-likeness (QED) is 0.577. The van der Waals surface area contributed by atoms with Crippen LogP contribution >= 0.6 is 0 Å². The number of aromatic nitrogens is 3. The largest absolute Gasteiger partial charge is 0.379 e. The van der Waals surface area contributed by atoms with E-state index in [1.165, 1.54) is 12.3 Å². The number of ether oxygens (including phenoxy) is 1. The van der Waals surface area contributed by atoms with Crippen LogP contribution in [0.1, 0.15) is 22.8 Å². The van der Waals surface area contributed by atoms with Gasteiger partial charge in [0.05, 0.1) is 30.7 Å². The molecule has 30 heavy (non-hydrogen) atoms. The molecule has 3 aromatic rings. The number of anilines is 3. The highest BCUT2D eigenvalue weighted by Crippen LogP contribution is 2.24. The molecule has 2 aromatic heterocycles. The summed E-state index contributed by atoms with van der Waals surface area (Å²) in [5.41, 5.74) is 2.03. The molecule has 0 aliphatic carbocycles. The van der Waals surface area contributed by atoms with Crippen LogP contribution in [-0.4, -0.2) is 64.7 Å². The second-order valence-electron chi connectivity index (χ2n) is 7.47. The van der Waals surface area contributed by atoms with Crippen molar-refractivity contribution >= 4 is 29.3 Å². The third kappa shape index (κ3) is 4.27. The zero-order chi connectivity index (χ0) is 21.1. The van der Waals surface area contributed by atoms with E-state index in [1.807, 2.05) is 6.92 Å². The molecule has 8 nitrogen and oxygen atoms in total. The number of aryl methyl sites for hydroxylation is 1. The first-order valence-corrected chi connectivity index (χ1v) is 9.98. The number of aldehydes is 1. The van der Waals surface area contributed by atoms with Crippen molar-refractivity contribution in [2.75, 3.05) is 43.5 Å². The number of hydrogen-bond donors (Lipinski definition) is 2. The topological polar surface area (TPSA) is 83.8 Å². The van der Waals surface area contributed by atoms with E-state index in [4.69, 9.17) is 4.74 Å². The highest BCUT2D eigenvalue weighted by molar-refractivity contribution is 5.85. The van der Waals surface area contributed by atoms with E-state index in [9.17, 15) is 9.18 Å². The summed E-state index contributed by atoms with van der Waals surface area (Å²) < 4.78 is 21.2. The molecule has 0 radical (unpaired) electrons. The second-order valence-corrected chi connectivity index (χ2v) is 7.47. The smallest absolute Gasteiger partial charge is 0.170 e. The van der Waals surface area contributed by atoms with E-state index in [0.29, 0.717) is 41.4 Å². The first-order chi connectivity index (χ1) is 14.5. The zero-order valence-electron chi connectivity index (χ0n) is 17.1. The fourth-order valence-corrected chi connectivity index (χ4v) is 3.53. The lowest BCUT2D eigenvalue weighted by molar-refractivity contribution is 0.0227. The molecule has 0 saturated carbocycles. The minimum Gasteiger partial charge on any atom is -0.379 e. The number of rotatable bonds is 7. The van der Waals surface area contributed by atoms with Gasteiger partial charge in [-0.2, -0.15) is 9.61 Å².